The zero-order chi connectivity index (χ0) is 17.1. The van der Waals surface area contributed by atoms with Crippen molar-refractivity contribution in [2.24, 2.45) is 0 Å². The van der Waals surface area contributed by atoms with Crippen molar-refractivity contribution in [2.45, 2.75) is 69.9 Å². The summed E-state index contributed by atoms with van der Waals surface area (Å²) in [7, 11) is 0. The molecule has 0 amide bonds. The number of carboxylic acids is 1. The zero-order valence-corrected chi connectivity index (χ0v) is 12.7. The Morgan fingerprint density at radius 3 is 1.91 bits per heavy atom. The lowest BCUT2D eigenvalue weighted by Crippen LogP contribution is -2.50. The van der Waals surface area contributed by atoms with Gasteiger partial charge >= 0.3 is 11.9 Å². The number of rotatable bonds is 12. The van der Waals surface area contributed by atoms with Crippen molar-refractivity contribution in [1.29, 1.82) is 0 Å². The molecule has 8 heteroatoms. The average Bonchev–Trinajstić information content (AvgIpc) is 2.50. The van der Waals surface area contributed by atoms with Crippen LogP contribution in [-0.2, 0) is 14.3 Å². The van der Waals surface area contributed by atoms with Crippen LogP contribution in [0.25, 0.3) is 0 Å². The van der Waals surface area contributed by atoms with Gasteiger partial charge in [-0.15, -0.1) is 0 Å². The molecular formula is C14H26O8. The van der Waals surface area contributed by atoms with E-state index >= 15 is 0 Å². The van der Waals surface area contributed by atoms with Gasteiger partial charge in [-0.25, -0.2) is 9.59 Å². The molecule has 0 radical (unpaired) electrons. The van der Waals surface area contributed by atoms with Crippen LogP contribution in [0.4, 0.5) is 0 Å². The van der Waals surface area contributed by atoms with Gasteiger partial charge < -0.3 is 30.3 Å². The van der Waals surface area contributed by atoms with E-state index in [1.165, 1.54) is 0 Å². The van der Waals surface area contributed by atoms with Gasteiger partial charge in [0, 0.05) is 0 Å². The summed E-state index contributed by atoms with van der Waals surface area (Å²) < 4.78 is 4.73. The van der Waals surface area contributed by atoms with Crippen LogP contribution in [0.5, 0.6) is 0 Å². The van der Waals surface area contributed by atoms with Crippen molar-refractivity contribution < 1.29 is 39.9 Å². The van der Waals surface area contributed by atoms with Crippen LogP contribution >= 0.6 is 0 Å². The normalized spacial score (nSPS) is 16.6. The summed E-state index contributed by atoms with van der Waals surface area (Å²) in [5.41, 5.74) is 0. The van der Waals surface area contributed by atoms with Crippen molar-refractivity contribution >= 4 is 11.9 Å². The van der Waals surface area contributed by atoms with E-state index in [0.29, 0.717) is 6.42 Å². The van der Waals surface area contributed by atoms with E-state index in [1.54, 1.807) is 0 Å². The number of aliphatic carboxylic acids is 1. The molecule has 8 nitrogen and oxygen atoms in total. The fourth-order valence-corrected chi connectivity index (χ4v) is 1.80. The number of esters is 1. The van der Waals surface area contributed by atoms with Crippen molar-refractivity contribution in [3.63, 3.8) is 0 Å². The fourth-order valence-electron chi connectivity index (χ4n) is 1.80. The highest BCUT2D eigenvalue weighted by atomic mass is 16.5. The first-order valence-electron chi connectivity index (χ1n) is 7.44. The van der Waals surface area contributed by atoms with Gasteiger partial charge in [-0.2, -0.15) is 0 Å². The number of ether oxygens (including phenoxy) is 1. The first kappa shape index (κ1) is 20.8. The number of hydrogen-bond acceptors (Lipinski definition) is 7. The number of carboxylic acid groups (broad SMARTS) is 1. The molecule has 130 valence electrons. The molecule has 0 saturated carbocycles. The third-order valence-electron chi connectivity index (χ3n) is 3.23. The average molecular weight is 322 g/mol. The van der Waals surface area contributed by atoms with Gasteiger partial charge in [0.05, 0.1) is 6.61 Å². The molecule has 0 rings (SSSR count). The van der Waals surface area contributed by atoms with Gasteiger partial charge in [-0.1, -0.05) is 39.0 Å². The molecule has 0 aliphatic rings. The quantitative estimate of drug-likeness (QED) is 0.237. The van der Waals surface area contributed by atoms with Crippen molar-refractivity contribution in [2.75, 3.05) is 6.61 Å². The highest BCUT2D eigenvalue weighted by Crippen LogP contribution is 2.09. The summed E-state index contributed by atoms with van der Waals surface area (Å²) in [6.45, 7) is 2.16. The predicted molar refractivity (Wildman–Crippen MR) is 76.0 cm³/mol. The molecule has 0 fully saturated rings. The maximum absolute atomic E-state index is 11.4. The number of unbranched alkanes of at least 4 members (excludes halogenated alkanes) is 5. The van der Waals surface area contributed by atoms with Crippen LogP contribution in [0.1, 0.15) is 45.4 Å². The van der Waals surface area contributed by atoms with E-state index in [4.69, 9.17) is 14.9 Å². The molecule has 0 spiro atoms. The van der Waals surface area contributed by atoms with Crippen LogP contribution in [0.3, 0.4) is 0 Å². The monoisotopic (exact) mass is 322 g/mol. The second kappa shape index (κ2) is 11.4. The summed E-state index contributed by atoms with van der Waals surface area (Å²) in [5, 5.41) is 45.7. The minimum atomic E-state index is -2.31. The van der Waals surface area contributed by atoms with Crippen molar-refractivity contribution in [1.82, 2.24) is 0 Å². The van der Waals surface area contributed by atoms with E-state index in [1.807, 2.05) is 0 Å². The van der Waals surface area contributed by atoms with E-state index in [0.717, 1.165) is 32.1 Å². The van der Waals surface area contributed by atoms with Crippen LogP contribution in [0.2, 0.25) is 0 Å². The lowest BCUT2D eigenvalue weighted by molar-refractivity contribution is -0.176. The Morgan fingerprint density at radius 1 is 0.864 bits per heavy atom. The Morgan fingerprint density at radius 2 is 1.36 bits per heavy atom. The second-order valence-electron chi connectivity index (χ2n) is 5.14. The predicted octanol–water partition coefficient (Wildman–Crippen LogP) is -0.582. The first-order valence-corrected chi connectivity index (χ1v) is 7.44. The van der Waals surface area contributed by atoms with E-state index in [9.17, 15) is 24.9 Å². The number of aliphatic hydroxyl groups excluding tert-OH is 4. The van der Waals surface area contributed by atoms with Gasteiger partial charge in [0.25, 0.3) is 0 Å². The summed E-state index contributed by atoms with van der Waals surface area (Å²) in [4.78, 5) is 21.9. The van der Waals surface area contributed by atoms with Gasteiger partial charge in [-0.05, 0) is 6.42 Å². The summed E-state index contributed by atoms with van der Waals surface area (Å²) in [5.74, 6) is -2.95. The molecule has 0 heterocycles. The molecule has 0 aliphatic carbocycles. The molecular weight excluding hydrogens is 296 g/mol. The Labute approximate surface area is 129 Å². The largest absolute Gasteiger partial charge is 0.479 e. The molecule has 22 heavy (non-hydrogen) atoms. The fraction of sp³-hybridized carbons (Fsp3) is 0.857. The van der Waals surface area contributed by atoms with Gasteiger partial charge in [0.1, 0.15) is 12.2 Å². The minimum Gasteiger partial charge on any atom is -0.479 e. The number of carbonyl (C=O) groups excluding carboxylic acids is 1. The van der Waals surface area contributed by atoms with Crippen molar-refractivity contribution in [3.05, 3.63) is 0 Å². The van der Waals surface area contributed by atoms with Gasteiger partial charge in [0.2, 0.25) is 0 Å². The maximum atomic E-state index is 11.4. The number of aliphatic hydroxyl groups is 4. The number of hydrogen-bond donors (Lipinski definition) is 5. The zero-order valence-electron chi connectivity index (χ0n) is 12.7. The Bertz CT molecular complexity index is 333. The molecule has 0 bridgehead atoms. The molecule has 0 aliphatic heterocycles. The maximum Gasteiger partial charge on any atom is 0.337 e. The van der Waals surface area contributed by atoms with E-state index in [-0.39, 0.29) is 6.61 Å². The highest BCUT2D eigenvalue weighted by molar-refractivity contribution is 5.76. The van der Waals surface area contributed by atoms with Crippen LogP contribution in [0.15, 0.2) is 0 Å². The Kier molecular flexibility index (Phi) is 10.7. The van der Waals surface area contributed by atoms with Crippen LogP contribution in [0, 0.1) is 0 Å². The lowest BCUT2D eigenvalue weighted by Gasteiger charge is -2.23. The Hall–Kier alpha value is -1.22. The Balaban J connectivity index is 4.02. The lowest BCUT2D eigenvalue weighted by atomic mass is 10.0. The van der Waals surface area contributed by atoms with E-state index < -0.39 is 36.4 Å². The molecule has 0 aromatic heterocycles. The highest BCUT2D eigenvalue weighted by Gasteiger charge is 2.38. The van der Waals surface area contributed by atoms with Crippen LogP contribution < -0.4 is 0 Å². The summed E-state index contributed by atoms with van der Waals surface area (Å²) >= 11 is 0. The van der Waals surface area contributed by atoms with E-state index in [2.05, 4.69) is 6.92 Å². The van der Waals surface area contributed by atoms with Crippen molar-refractivity contribution in [3.8, 4) is 0 Å². The third-order valence-corrected chi connectivity index (χ3v) is 3.23. The molecule has 0 saturated heterocycles. The van der Waals surface area contributed by atoms with Gasteiger partial charge in [0.15, 0.2) is 12.2 Å². The third kappa shape index (κ3) is 7.69. The minimum absolute atomic E-state index is 0.0618. The molecule has 0 aromatic carbocycles. The second-order valence-corrected chi connectivity index (χ2v) is 5.14. The SMILES string of the molecule is CCCCCCCCOC(=O)[C@H](O)[C@@H](O)[C@H](O)[C@H](O)C(=O)O. The molecule has 5 N–H and O–H groups in total. The molecule has 0 aromatic rings. The smallest absolute Gasteiger partial charge is 0.337 e. The topological polar surface area (TPSA) is 145 Å². The first-order chi connectivity index (χ1) is 10.3. The standard InChI is InChI=1S/C14H26O8/c1-2-3-4-5-6-7-8-22-14(21)12(18)10(16)9(15)11(17)13(19)20/h9-12,15-18H,2-8H2,1H3,(H,19,20)/t9-,10-,11-,12+/m0/s1. The van der Waals surface area contributed by atoms with Crippen LogP contribution in [-0.4, -0.2) is 68.5 Å². The molecule has 4 atom stereocenters. The molecule has 0 unspecified atom stereocenters. The van der Waals surface area contributed by atoms with Gasteiger partial charge in [-0.3, -0.25) is 0 Å². The summed E-state index contributed by atoms with van der Waals surface area (Å²) in [6.07, 6.45) is -2.91. The number of carbonyl (C=O) groups is 2. The summed E-state index contributed by atoms with van der Waals surface area (Å²) in [6, 6.07) is 0.